The summed E-state index contributed by atoms with van der Waals surface area (Å²) in [7, 11) is 1.59. The Morgan fingerprint density at radius 3 is 2.71 bits per heavy atom. The van der Waals surface area contributed by atoms with Gasteiger partial charge >= 0.3 is 0 Å². The minimum atomic E-state index is -0.0272. The van der Waals surface area contributed by atoms with Gasteiger partial charge < -0.3 is 14.4 Å². The molecule has 1 atom stereocenters. The predicted molar refractivity (Wildman–Crippen MR) is 136 cm³/mol. The highest BCUT2D eigenvalue weighted by Gasteiger charge is 2.28. The highest BCUT2D eigenvalue weighted by molar-refractivity contribution is 5.98. The Labute approximate surface area is 205 Å². The molecule has 178 valence electrons. The second kappa shape index (κ2) is 10.6. The van der Waals surface area contributed by atoms with Gasteiger partial charge in [0.1, 0.15) is 6.61 Å². The zero-order valence-electron chi connectivity index (χ0n) is 19.9. The van der Waals surface area contributed by atoms with Crippen molar-refractivity contribution in [2.24, 2.45) is 5.92 Å². The number of amides is 1. The van der Waals surface area contributed by atoms with Crippen LogP contribution in [0.25, 0.3) is 10.9 Å². The van der Waals surface area contributed by atoms with Gasteiger partial charge in [0.15, 0.2) is 11.5 Å². The van der Waals surface area contributed by atoms with Gasteiger partial charge in [0, 0.05) is 30.9 Å². The standard InChI is InChI=1S/C29H29N3O3/c1-34-26-14-5-13-25(28(26)35-20-24-12-2-3-15-30-24)29(33)32-17-7-8-21(19-32)18-23-10-4-9-22-11-6-16-31-27(22)23/h2-6,9-16,21H,7-8,17-20H2,1H3/t21-/m0/s1. The zero-order chi connectivity index (χ0) is 24.0. The van der Waals surface area contributed by atoms with Crippen molar-refractivity contribution < 1.29 is 14.3 Å². The van der Waals surface area contributed by atoms with E-state index in [1.54, 1.807) is 13.3 Å². The number of piperidine rings is 1. The summed E-state index contributed by atoms with van der Waals surface area (Å²) in [5.41, 5.74) is 3.60. The number of nitrogens with zero attached hydrogens (tertiary/aromatic N) is 3. The van der Waals surface area contributed by atoms with Crippen molar-refractivity contribution in [1.82, 2.24) is 14.9 Å². The number of aromatic nitrogens is 2. The first-order valence-electron chi connectivity index (χ1n) is 12.0. The van der Waals surface area contributed by atoms with Crippen molar-refractivity contribution in [2.45, 2.75) is 25.9 Å². The van der Waals surface area contributed by atoms with Crippen LogP contribution in [0.15, 0.2) is 79.1 Å². The van der Waals surface area contributed by atoms with Crippen LogP contribution < -0.4 is 9.47 Å². The zero-order valence-corrected chi connectivity index (χ0v) is 19.9. The molecule has 1 amide bonds. The molecule has 5 rings (SSSR count). The number of para-hydroxylation sites is 2. The number of carbonyl (C=O) groups excluding carboxylic acids is 1. The summed E-state index contributed by atoms with van der Waals surface area (Å²) in [6.45, 7) is 1.71. The second-order valence-electron chi connectivity index (χ2n) is 8.90. The Bertz CT molecular complexity index is 1300. The molecule has 0 spiro atoms. The molecule has 0 N–H and O–H groups in total. The molecule has 4 aromatic rings. The number of rotatable bonds is 7. The van der Waals surface area contributed by atoms with Gasteiger partial charge in [-0.3, -0.25) is 14.8 Å². The summed E-state index contributed by atoms with van der Waals surface area (Å²) in [5, 5.41) is 1.15. The summed E-state index contributed by atoms with van der Waals surface area (Å²) in [6, 6.07) is 21.5. The van der Waals surface area contributed by atoms with E-state index >= 15 is 0 Å². The smallest absolute Gasteiger partial charge is 0.257 e. The normalized spacial score (nSPS) is 15.7. The molecule has 1 aliphatic heterocycles. The van der Waals surface area contributed by atoms with E-state index in [-0.39, 0.29) is 12.5 Å². The third-order valence-corrected chi connectivity index (χ3v) is 6.55. The second-order valence-corrected chi connectivity index (χ2v) is 8.90. The van der Waals surface area contributed by atoms with E-state index in [2.05, 4.69) is 34.2 Å². The highest BCUT2D eigenvalue weighted by Crippen LogP contribution is 2.34. The van der Waals surface area contributed by atoms with Crippen molar-refractivity contribution in [3.05, 3.63) is 95.9 Å². The largest absolute Gasteiger partial charge is 0.493 e. The summed E-state index contributed by atoms with van der Waals surface area (Å²) < 4.78 is 11.6. The molecule has 2 aromatic carbocycles. The minimum Gasteiger partial charge on any atom is -0.493 e. The number of carbonyl (C=O) groups is 1. The Kier molecular flexibility index (Phi) is 6.89. The Hall–Kier alpha value is -3.93. The van der Waals surface area contributed by atoms with Crippen molar-refractivity contribution in [1.29, 1.82) is 0 Å². The summed E-state index contributed by atoms with van der Waals surface area (Å²) in [4.78, 5) is 24.6. The van der Waals surface area contributed by atoms with E-state index in [0.29, 0.717) is 29.5 Å². The molecule has 3 heterocycles. The van der Waals surface area contributed by atoms with Crippen LogP contribution in [0.5, 0.6) is 11.5 Å². The van der Waals surface area contributed by atoms with Gasteiger partial charge in [-0.05, 0) is 61.1 Å². The first kappa shape index (κ1) is 22.8. The maximum atomic E-state index is 13.7. The first-order valence-corrected chi connectivity index (χ1v) is 12.0. The Morgan fingerprint density at radius 2 is 1.86 bits per heavy atom. The molecule has 0 radical (unpaired) electrons. The lowest BCUT2D eigenvalue weighted by Gasteiger charge is -2.33. The summed E-state index contributed by atoms with van der Waals surface area (Å²) in [6.07, 6.45) is 6.54. The van der Waals surface area contributed by atoms with Gasteiger partial charge in [-0.15, -0.1) is 0 Å². The first-order chi connectivity index (χ1) is 17.2. The van der Waals surface area contributed by atoms with Crippen LogP contribution in [0.3, 0.4) is 0 Å². The van der Waals surface area contributed by atoms with Crippen LogP contribution in [-0.4, -0.2) is 41.0 Å². The molecule has 2 aromatic heterocycles. The maximum absolute atomic E-state index is 13.7. The molecule has 1 saturated heterocycles. The molecular weight excluding hydrogens is 438 g/mol. The Balaban J connectivity index is 1.34. The molecule has 6 heteroatoms. The van der Waals surface area contributed by atoms with Crippen molar-refractivity contribution in [3.63, 3.8) is 0 Å². The number of ether oxygens (including phenoxy) is 2. The SMILES string of the molecule is COc1cccc(C(=O)N2CCC[C@@H](Cc3cccc4cccnc34)C2)c1OCc1ccccn1. The molecule has 1 aliphatic rings. The number of hydrogen-bond acceptors (Lipinski definition) is 5. The van der Waals surface area contributed by atoms with Gasteiger partial charge in [-0.25, -0.2) is 0 Å². The fraction of sp³-hybridized carbons (Fsp3) is 0.276. The lowest BCUT2D eigenvalue weighted by molar-refractivity contribution is 0.0668. The van der Waals surface area contributed by atoms with E-state index in [4.69, 9.17) is 9.47 Å². The number of likely N-dealkylation sites (tertiary alicyclic amines) is 1. The molecule has 35 heavy (non-hydrogen) atoms. The number of pyridine rings is 2. The average molecular weight is 468 g/mol. The molecule has 0 unspecified atom stereocenters. The van der Waals surface area contributed by atoms with E-state index in [9.17, 15) is 4.79 Å². The van der Waals surface area contributed by atoms with Gasteiger partial charge in [0.05, 0.1) is 23.9 Å². The van der Waals surface area contributed by atoms with Crippen LogP contribution >= 0.6 is 0 Å². The summed E-state index contributed by atoms with van der Waals surface area (Å²) in [5.74, 6) is 1.36. The molecule has 1 fully saturated rings. The topological polar surface area (TPSA) is 64.5 Å². The quantitative estimate of drug-likeness (QED) is 0.368. The fourth-order valence-electron chi connectivity index (χ4n) is 4.85. The third kappa shape index (κ3) is 5.11. The van der Waals surface area contributed by atoms with Gasteiger partial charge in [0.25, 0.3) is 5.91 Å². The van der Waals surface area contributed by atoms with Crippen molar-refractivity contribution in [3.8, 4) is 11.5 Å². The predicted octanol–water partition coefficient (Wildman–Crippen LogP) is 5.31. The van der Waals surface area contributed by atoms with E-state index in [1.807, 2.05) is 53.6 Å². The number of hydrogen-bond donors (Lipinski definition) is 0. The average Bonchev–Trinajstić information content (AvgIpc) is 2.92. The van der Waals surface area contributed by atoms with Crippen LogP contribution in [0, 0.1) is 5.92 Å². The van der Waals surface area contributed by atoms with E-state index in [1.165, 1.54) is 5.56 Å². The molecule has 0 saturated carbocycles. The fourth-order valence-corrected chi connectivity index (χ4v) is 4.85. The summed E-state index contributed by atoms with van der Waals surface area (Å²) >= 11 is 0. The molecular formula is C29H29N3O3. The molecule has 0 bridgehead atoms. The van der Waals surface area contributed by atoms with Crippen molar-refractivity contribution >= 4 is 16.8 Å². The van der Waals surface area contributed by atoms with Crippen LogP contribution in [0.1, 0.15) is 34.5 Å². The van der Waals surface area contributed by atoms with Gasteiger partial charge in [-0.2, -0.15) is 0 Å². The molecule has 0 aliphatic carbocycles. The van der Waals surface area contributed by atoms with E-state index in [0.717, 1.165) is 42.4 Å². The number of benzene rings is 2. The Morgan fingerprint density at radius 1 is 1.00 bits per heavy atom. The van der Waals surface area contributed by atoms with Crippen LogP contribution in [0.4, 0.5) is 0 Å². The number of fused-ring (bicyclic) bond motifs is 1. The molecule has 6 nitrogen and oxygen atoms in total. The number of methoxy groups -OCH3 is 1. The lowest BCUT2D eigenvalue weighted by Crippen LogP contribution is -2.40. The van der Waals surface area contributed by atoms with Crippen LogP contribution in [0.2, 0.25) is 0 Å². The maximum Gasteiger partial charge on any atom is 0.257 e. The van der Waals surface area contributed by atoms with Crippen molar-refractivity contribution in [2.75, 3.05) is 20.2 Å². The van der Waals surface area contributed by atoms with E-state index < -0.39 is 0 Å². The third-order valence-electron chi connectivity index (χ3n) is 6.55. The lowest BCUT2D eigenvalue weighted by atomic mass is 9.90. The van der Waals surface area contributed by atoms with Crippen LogP contribution in [-0.2, 0) is 13.0 Å². The minimum absolute atomic E-state index is 0.0272. The highest BCUT2D eigenvalue weighted by atomic mass is 16.5. The monoisotopic (exact) mass is 467 g/mol. The van der Waals surface area contributed by atoms with Gasteiger partial charge in [-0.1, -0.05) is 36.4 Å². The van der Waals surface area contributed by atoms with Gasteiger partial charge in [0.2, 0.25) is 0 Å².